The molecule has 1 aliphatic heterocycles. The summed E-state index contributed by atoms with van der Waals surface area (Å²) in [6, 6.07) is 11.6. The molecule has 1 fully saturated rings. The second-order valence-corrected chi connectivity index (χ2v) is 8.46. The first-order valence-electron chi connectivity index (χ1n) is 10.6. The van der Waals surface area contributed by atoms with Gasteiger partial charge in [-0.3, -0.25) is 9.59 Å². The van der Waals surface area contributed by atoms with Crippen LogP contribution in [-0.2, 0) is 11.2 Å². The first-order chi connectivity index (χ1) is 16.5. The summed E-state index contributed by atoms with van der Waals surface area (Å²) in [5.74, 6) is -2.51. The van der Waals surface area contributed by atoms with Gasteiger partial charge >= 0.3 is 0 Å². The highest BCUT2D eigenvalue weighted by atomic mass is 32.2. The average molecular weight is 485 g/mol. The Hall–Kier alpha value is -3.60. The third-order valence-corrected chi connectivity index (χ3v) is 5.98. The number of halogens is 2. The quantitative estimate of drug-likeness (QED) is 0.515. The molecular weight excluding hydrogens is 462 g/mol. The standard InChI is InChI=1S/C23H22F2N6O2S/c24-22(25)34-21-18(3-1-8-26-21)20(33)29-17-6-4-16(5-7-17)15-19(32)30-11-13-31(14-12-30)23-27-9-2-10-28-23/h1-10,22H,11-15H2,(H,29,33). The Morgan fingerprint density at radius 3 is 2.29 bits per heavy atom. The third kappa shape index (κ3) is 6.04. The van der Waals surface area contributed by atoms with Gasteiger partial charge in [-0.05, 0) is 47.7 Å². The molecule has 2 aromatic heterocycles. The fraction of sp³-hybridized carbons (Fsp3) is 0.261. The lowest BCUT2D eigenvalue weighted by Gasteiger charge is -2.34. The van der Waals surface area contributed by atoms with E-state index in [0.29, 0.717) is 37.8 Å². The van der Waals surface area contributed by atoms with Crippen molar-refractivity contribution in [2.24, 2.45) is 0 Å². The SMILES string of the molecule is O=C(Nc1ccc(CC(=O)N2CCN(c3ncccn3)CC2)cc1)c1cccnc1SC(F)F. The van der Waals surface area contributed by atoms with E-state index in [1.54, 1.807) is 42.7 Å². The molecule has 0 unspecified atom stereocenters. The van der Waals surface area contributed by atoms with Crippen molar-refractivity contribution in [1.82, 2.24) is 19.9 Å². The number of rotatable bonds is 7. The second kappa shape index (κ2) is 11.0. The van der Waals surface area contributed by atoms with E-state index < -0.39 is 11.7 Å². The Kier molecular flexibility index (Phi) is 7.63. The van der Waals surface area contributed by atoms with Crippen molar-refractivity contribution < 1.29 is 18.4 Å². The predicted molar refractivity (Wildman–Crippen MR) is 125 cm³/mol. The van der Waals surface area contributed by atoms with Gasteiger partial charge in [0.2, 0.25) is 11.9 Å². The highest BCUT2D eigenvalue weighted by molar-refractivity contribution is 7.99. The number of pyridine rings is 1. The third-order valence-electron chi connectivity index (χ3n) is 5.25. The number of hydrogen-bond acceptors (Lipinski definition) is 7. The van der Waals surface area contributed by atoms with Gasteiger partial charge < -0.3 is 15.1 Å². The number of amides is 2. The average Bonchev–Trinajstić information content (AvgIpc) is 2.86. The highest BCUT2D eigenvalue weighted by Crippen LogP contribution is 2.27. The van der Waals surface area contributed by atoms with E-state index in [1.807, 2.05) is 4.90 Å². The summed E-state index contributed by atoms with van der Waals surface area (Å²) in [4.78, 5) is 41.5. The maximum absolute atomic E-state index is 12.7. The van der Waals surface area contributed by atoms with Crippen LogP contribution in [-0.4, -0.2) is 63.6 Å². The first kappa shape index (κ1) is 23.6. The molecule has 176 valence electrons. The minimum absolute atomic E-state index is 0.0226. The molecule has 0 bridgehead atoms. The number of alkyl halides is 2. The van der Waals surface area contributed by atoms with Crippen molar-refractivity contribution >= 4 is 35.2 Å². The van der Waals surface area contributed by atoms with Crippen molar-refractivity contribution in [3.8, 4) is 0 Å². The summed E-state index contributed by atoms with van der Waals surface area (Å²) in [5, 5.41) is 2.65. The van der Waals surface area contributed by atoms with Gasteiger partial charge in [0, 0.05) is 50.5 Å². The summed E-state index contributed by atoms with van der Waals surface area (Å²) < 4.78 is 25.4. The van der Waals surface area contributed by atoms with Crippen LogP contribution in [0.3, 0.4) is 0 Å². The van der Waals surface area contributed by atoms with Gasteiger partial charge in [-0.2, -0.15) is 8.78 Å². The smallest absolute Gasteiger partial charge is 0.290 e. The maximum Gasteiger partial charge on any atom is 0.290 e. The summed E-state index contributed by atoms with van der Waals surface area (Å²) in [6.45, 7) is 2.52. The van der Waals surface area contributed by atoms with Crippen LogP contribution in [0.15, 0.2) is 66.1 Å². The van der Waals surface area contributed by atoms with E-state index in [0.717, 1.165) is 5.56 Å². The van der Waals surface area contributed by atoms with Gasteiger partial charge in [-0.1, -0.05) is 12.1 Å². The van der Waals surface area contributed by atoms with E-state index in [-0.39, 0.29) is 34.7 Å². The fourth-order valence-corrected chi connectivity index (χ4v) is 4.12. The zero-order valence-electron chi connectivity index (χ0n) is 18.1. The zero-order chi connectivity index (χ0) is 23.9. The molecule has 1 N–H and O–H groups in total. The van der Waals surface area contributed by atoms with Gasteiger partial charge in [0.05, 0.1) is 12.0 Å². The molecule has 8 nitrogen and oxygen atoms in total. The number of thioether (sulfide) groups is 1. The van der Waals surface area contributed by atoms with Crippen LogP contribution in [0, 0.1) is 0 Å². The lowest BCUT2D eigenvalue weighted by Crippen LogP contribution is -2.49. The Morgan fingerprint density at radius 2 is 1.62 bits per heavy atom. The molecule has 3 heterocycles. The number of carbonyl (C=O) groups is 2. The number of carbonyl (C=O) groups excluding carboxylic acids is 2. The molecule has 3 aromatic rings. The van der Waals surface area contributed by atoms with E-state index in [9.17, 15) is 18.4 Å². The largest absolute Gasteiger partial charge is 0.339 e. The van der Waals surface area contributed by atoms with E-state index in [4.69, 9.17) is 0 Å². The Bertz CT molecular complexity index is 1130. The van der Waals surface area contributed by atoms with Gasteiger partial charge in [0.1, 0.15) is 5.03 Å². The Balaban J connectivity index is 1.30. The molecule has 0 saturated carbocycles. The van der Waals surface area contributed by atoms with Crippen molar-refractivity contribution in [2.45, 2.75) is 17.2 Å². The van der Waals surface area contributed by atoms with Crippen LogP contribution in [0.25, 0.3) is 0 Å². The molecular formula is C23H22F2N6O2S. The van der Waals surface area contributed by atoms with Gasteiger partial charge in [-0.25, -0.2) is 15.0 Å². The molecule has 34 heavy (non-hydrogen) atoms. The number of benzene rings is 1. The van der Waals surface area contributed by atoms with Crippen LogP contribution < -0.4 is 10.2 Å². The number of anilines is 2. The van der Waals surface area contributed by atoms with Gasteiger partial charge in [0.25, 0.3) is 11.7 Å². The topological polar surface area (TPSA) is 91.3 Å². The van der Waals surface area contributed by atoms with E-state index in [2.05, 4.69) is 25.2 Å². The normalized spacial score (nSPS) is 13.7. The molecule has 1 aromatic carbocycles. The zero-order valence-corrected chi connectivity index (χ0v) is 18.9. The molecule has 4 rings (SSSR count). The molecule has 2 amide bonds. The maximum atomic E-state index is 12.7. The number of nitrogens with zero attached hydrogens (tertiary/aromatic N) is 5. The van der Waals surface area contributed by atoms with Crippen LogP contribution in [0.1, 0.15) is 15.9 Å². The van der Waals surface area contributed by atoms with Crippen LogP contribution >= 0.6 is 11.8 Å². The number of nitrogens with one attached hydrogen (secondary N) is 1. The fourth-order valence-electron chi connectivity index (χ4n) is 3.54. The first-order valence-corrected chi connectivity index (χ1v) is 11.5. The van der Waals surface area contributed by atoms with Gasteiger partial charge in [-0.15, -0.1) is 0 Å². The lowest BCUT2D eigenvalue weighted by atomic mass is 10.1. The summed E-state index contributed by atoms with van der Waals surface area (Å²) in [6.07, 6.45) is 5.00. The van der Waals surface area contributed by atoms with Crippen molar-refractivity contribution in [3.05, 3.63) is 72.2 Å². The number of aromatic nitrogens is 3. The predicted octanol–water partition coefficient (Wildman–Crippen LogP) is 3.33. The summed E-state index contributed by atoms with van der Waals surface area (Å²) in [5.41, 5.74) is 1.38. The molecule has 0 atom stereocenters. The number of hydrogen-bond donors (Lipinski definition) is 1. The molecule has 0 radical (unpaired) electrons. The van der Waals surface area contributed by atoms with E-state index in [1.165, 1.54) is 18.3 Å². The Labute approximate surface area is 199 Å². The second-order valence-electron chi connectivity index (χ2n) is 7.48. The van der Waals surface area contributed by atoms with E-state index >= 15 is 0 Å². The molecule has 1 saturated heterocycles. The minimum Gasteiger partial charge on any atom is -0.339 e. The van der Waals surface area contributed by atoms with Crippen molar-refractivity contribution in [2.75, 3.05) is 36.4 Å². The number of piperazine rings is 1. The monoisotopic (exact) mass is 484 g/mol. The van der Waals surface area contributed by atoms with Crippen LogP contribution in [0.4, 0.5) is 20.4 Å². The summed E-state index contributed by atoms with van der Waals surface area (Å²) >= 11 is 0.228. The highest BCUT2D eigenvalue weighted by Gasteiger charge is 2.22. The molecule has 11 heteroatoms. The van der Waals surface area contributed by atoms with Crippen LogP contribution in [0.5, 0.6) is 0 Å². The van der Waals surface area contributed by atoms with Crippen LogP contribution in [0.2, 0.25) is 0 Å². The molecule has 0 aliphatic carbocycles. The van der Waals surface area contributed by atoms with Crippen molar-refractivity contribution in [3.63, 3.8) is 0 Å². The Morgan fingerprint density at radius 1 is 0.941 bits per heavy atom. The minimum atomic E-state index is -2.67. The molecule has 0 spiro atoms. The van der Waals surface area contributed by atoms with Crippen molar-refractivity contribution in [1.29, 1.82) is 0 Å². The van der Waals surface area contributed by atoms with Gasteiger partial charge in [0.15, 0.2) is 0 Å². The lowest BCUT2D eigenvalue weighted by molar-refractivity contribution is -0.130. The molecule has 1 aliphatic rings. The summed E-state index contributed by atoms with van der Waals surface area (Å²) in [7, 11) is 0.